The molecule has 2 aliphatic carbocycles. The van der Waals surface area contributed by atoms with Gasteiger partial charge in [-0.2, -0.15) is 0 Å². The minimum atomic E-state index is -0.724. The van der Waals surface area contributed by atoms with Crippen molar-refractivity contribution in [1.29, 1.82) is 0 Å². The lowest BCUT2D eigenvalue weighted by atomic mass is 9.60. The zero-order valence-electron chi connectivity index (χ0n) is 13.5. The highest BCUT2D eigenvalue weighted by Crippen LogP contribution is 2.61. The minimum absolute atomic E-state index is 0.0730. The second kappa shape index (κ2) is 6.44. The van der Waals surface area contributed by atoms with E-state index >= 15 is 0 Å². The third kappa shape index (κ3) is 2.56. The average molecular weight is 308 g/mol. The summed E-state index contributed by atoms with van der Waals surface area (Å²) in [6, 6.07) is 0. The van der Waals surface area contributed by atoms with Crippen LogP contribution in [0.4, 0.5) is 0 Å². The topological polar surface area (TPSA) is 58.9 Å². The zero-order valence-corrected chi connectivity index (χ0v) is 13.5. The number of aliphatic hydroxyl groups is 2. The minimum Gasteiger partial charge on any atom is -0.392 e. The number of allylic oxidation sites excluding steroid dienone is 2. The maximum Gasteiger partial charge on any atom is 0.161 e. The van der Waals surface area contributed by atoms with Gasteiger partial charge in [-0.15, -0.1) is 0 Å². The molecule has 22 heavy (non-hydrogen) atoms. The predicted molar refractivity (Wildman–Crippen MR) is 84.2 cm³/mol. The standard InChI is InChI=1S/C18H28O4/c1-17-9-5-7-14(6-3-2-4-11-19)18(17,20)10-8-15(17)16-21-12-13-22-16/h2,4,6,15-16,19-20H,3,5,7-13H2,1H3/b4-2+,14-6+/t15-,17-,18+/m1/s1. The Morgan fingerprint density at radius 1 is 1.23 bits per heavy atom. The first kappa shape index (κ1) is 16.2. The van der Waals surface area contributed by atoms with Gasteiger partial charge < -0.3 is 19.7 Å². The molecule has 0 unspecified atom stereocenters. The first-order valence-corrected chi connectivity index (χ1v) is 8.53. The van der Waals surface area contributed by atoms with E-state index in [1.54, 1.807) is 6.08 Å². The van der Waals surface area contributed by atoms with Crippen LogP contribution in [0.5, 0.6) is 0 Å². The lowest BCUT2D eigenvalue weighted by molar-refractivity contribution is -0.147. The molecule has 0 spiro atoms. The van der Waals surface area contributed by atoms with Crippen molar-refractivity contribution >= 4 is 0 Å². The summed E-state index contributed by atoms with van der Waals surface area (Å²) < 4.78 is 11.5. The van der Waals surface area contributed by atoms with Gasteiger partial charge in [0.15, 0.2) is 6.29 Å². The maximum absolute atomic E-state index is 11.5. The summed E-state index contributed by atoms with van der Waals surface area (Å²) in [7, 11) is 0. The summed E-state index contributed by atoms with van der Waals surface area (Å²) in [4.78, 5) is 0. The zero-order chi connectivity index (χ0) is 15.6. The molecule has 4 nitrogen and oxygen atoms in total. The van der Waals surface area contributed by atoms with E-state index < -0.39 is 5.60 Å². The number of aliphatic hydroxyl groups excluding tert-OH is 1. The van der Waals surface area contributed by atoms with Gasteiger partial charge in [0, 0.05) is 11.3 Å². The summed E-state index contributed by atoms with van der Waals surface area (Å²) >= 11 is 0. The Bertz CT molecular complexity index is 452. The molecule has 1 saturated heterocycles. The predicted octanol–water partition coefficient (Wildman–Crippen LogP) is 2.56. The Morgan fingerprint density at radius 2 is 2.00 bits per heavy atom. The van der Waals surface area contributed by atoms with Crippen molar-refractivity contribution in [1.82, 2.24) is 0 Å². The molecule has 0 aromatic carbocycles. The molecule has 3 atom stereocenters. The van der Waals surface area contributed by atoms with Crippen LogP contribution in [0.2, 0.25) is 0 Å². The van der Waals surface area contributed by atoms with E-state index in [0.717, 1.165) is 38.5 Å². The summed E-state index contributed by atoms with van der Waals surface area (Å²) in [5.74, 6) is 0.275. The molecule has 0 aromatic rings. The Hall–Kier alpha value is -0.680. The molecule has 3 fully saturated rings. The third-order valence-corrected chi connectivity index (χ3v) is 6.00. The quantitative estimate of drug-likeness (QED) is 0.784. The molecular weight excluding hydrogens is 280 g/mol. The van der Waals surface area contributed by atoms with Crippen LogP contribution in [-0.4, -0.2) is 41.9 Å². The van der Waals surface area contributed by atoms with Gasteiger partial charge in [-0.1, -0.05) is 25.2 Å². The van der Waals surface area contributed by atoms with Crippen LogP contribution in [0, 0.1) is 11.3 Å². The maximum atomic E-state index is 11.5. The molecule has 0 amide bonds. The number of rotatable bonds is 4. The SMILES string of the molecule is C[C@]12CCC/C(=C\C/C=C/CO)[C@@]1(O)CC[C@@H]2C1OCCO1. The molecule has 0 radical (unpaired) electrons. The molecule has 124 valence electrons. The van der Waals surface area contributed by atoms with Crippen LogP contribution in [0.3, 0.4) is 0 Å². The van der Waals surface area contributed by atoms with Gasteiger partial charge in [-0.05, 0) is 44.1 Å². The van der Waals surface area contributed by atoms with Crippen LogP contribution < -0.4 is 0 Å². The first-order valence-electron chi connectivity index (χ1n) is 8.53. The second-order valence-electron chi connectivity index (χ2n) is 7.01. The van der Waals surface area contributed by atoms with Crippen LogP contribution in [0.1, 0.15) is 45.4 Å². The van der Waals surface area contributed by atoms with Crippen molar-refractivity contribution < 1.29 is 19.7 Å². The third-order valence-electron chi connectivity index (χ3n) is 6.00. The monoisotopic (exact) mass is 308 g/mol. The number of hydrogen-bond acceptors (Lipinski definition) is 4. The summed E-state index contributed by atoms with van der Waals surface area (Å²) in [6.07, 6.45) is 11.4. The van der Waals surface area contributed by atoms with Gasteiger partial charge in [0.25, 0.3) is 0 Å². The van der Waals surface area contributed by atoms with Crippen LogP contribution in [-0.2, 0) is 9.47 Å². The van der Waals surface area contributed by atoms with Crippen LogP contribution in [0.15, 0.2) is 23.8 Å². The molecule has 0 bridgehead atoms. The molecule has 0 aromatic heterocycles. The molecule has 3 rings (SSSR count). The summed E-state index contributed by atoms with van der Waals surface area (Å²) in [5, 5.41) is 20.3. The molecule has 1 aliphatic heterocycles. The highest BCUT2D eigenvalue weighted by Gasteiger charge is 2.61. The Morgan fingerprint density at radius 3 is 2.73 bits per heavy atom. The van der Waals surface area contributed by atoms with Crippen LogP contribution in [0.25, 0.3) is 0 Å². The molecule has 2 saturated carbocycles. The fourth-order valence-corrected chi connectivity index (χ4v) is 4.74. The van der Waals surface area contributed by atoms with Gasteiger partial charge in [-0.25, -0.2) is 0 Å². The molecule has 1 heterocycles. The molecule has 2 N–H and O–H groups in total. The van der Waals surface area contributed by atoms with E-state index in [0.29, 0.717) is 13.2 Å². The van der Waals surface area contributed by atoms with Crippen molar-refractivity contribution in [3.8, 4) is 0 Å². The lowest BCUT2D eigenvalue weighted by Crippen LogP contribution is -2.51. The summed E-state index contributed by atoms with van der Waals surface area (Å²) in [6.45, 7) is 3.63. The number of fused-ring (bicyclic) bond motifs is 1. The Balaban J connectivity index is 1.81. The summed E-state index contributed by atoms with van der Waals surface area (Å²) in [5.41, 5.74) is 0.287. The van der Waals surface area contributed by atoms with E-state index in [1.165, 1.54) is 5.57 Å². The Kier molecular flexibility index (Phi) is 4.74. The normalized spacial score (nSPS) is 41.6. The second-order valence-corrected chi connectivity index (χ2v) is 7.01. The van der Waals surface area contributed by atoms with Crippen molar-refractivity contribution in [2.45, 2.75) is 57.3 Å². The van der Waals surface area contributed by atoms with Crippen molar-refractivity contribution in [3.05, 3.63) is 23.8 Å². The van der Waals surface area contributed by atoms with Gasteiger partial charge in [0.2, 0.25) is 0 Å². The Labute approximate surface area is 132 Å². The fraction of sp³-hybridized carbons (Fsp3) is 0.778. The largest absolute Gasteiger partial charge is 0.392 e. The van der Waals surface area contributed by atoms with E-state index in [4.69, 9.17) is 14.6 Å². The number of ether oxygens (including phenoxy) is 2. The van der Waals surface area contributed by atoms with E-state index in [9.17, 15) is 5.11 Å². The van der Waals surface area contributed by atoms with Crippen molar-refractivity contribution in [3.63, 3.8) is 0 Å². The van der Waals surface area contributed by atoms with Gasteiger partial charge >= 0.3 is 0 Å². The smallest absolute Gasteiger partial charge is 0.161 e. The lowest BCUT2D eigenvalue weighted by Gasteiger charge is -2.49. The highest BCUT2D eigenvalue weighted by molar-refractivity contribution is 5.29. The molecular formula is C18H28O4. The highest BCUT2D eigenvalue weighted by atomic mass is 16.7. The fourth-order valence-electron chi connectivity index (χ4n) is 4.74. The van der Waals surface area contributed by atoms with E-state index in [1.807, 2.05) is 6.08 Å². The first-order chi connectivity index (χ1) is 10.6. The van der Waals surface area contributed by atoms with Crippen molar-refractivity contribution in [2.75, 3.05) is 19.8 Å². The average Bonchev–Trinajstić information content (AvgIpc) is 3.10. The number of hydrogen-bond donors (Lipinski definition) is 2. The van der Waals surface area contributed by atoms with Gasteiger partial charge in [0.1, 0.15) is 0 Å². The van der Waals surface area contributed by atoms with Gasteiger partial charge in [0.05, 0.1) is 25.4 Å². The van der Waals surface area contributed by atoms with Crippen LogP contribution >= 0.6 is 0 Å². The van der Waals surface area contributed by atoms with E-state index in [-0.39, 0.29) is 24.2 Å². The van der Waals surface area contributed by atoms with Gasteiger partial charge in [-0.3, -0.25) is 0 Å². The molecule has 4 heteroatoms. The van der Waals surface area contributed by atoms with E-state index in [2.05, 4.69) is 13.0 Å². The molecule has 3 aliphatic rings. The van der Waals surface area contributed by atoms with Crippen molar-refractivity contribution in [2.24, 2.45) is 11.3 Å².